The molecule has 1 aliphatic heterocycles. The van der Waals surface area contributed by atoms with E-state index in [4.69, 9.17) is 0 Å². The smallest absolute Gasteiger partial charge is 0.211 e. The van der Waals surface area contributed by atoms with E-state index in [1.54, 1.807) is 18.2 Å². The zero-order valence-electron chi connectivity index (χ0n) is 11.8. The van der Waals surface area contributed by atoms with Crippen LogP contribution >= 0.6 is 15.9 Å². The minimum Gasteiger partial charge on any atom is -0.211 e. The predicted molar refractivity (Wildman–Crippen MR) is 90.0 cm³/mol. The molecule has 1 aliphatic rings. The monoisotopic (exact) mass is 391 g/mol. The van der Waals surface area contributed by atoms with Crippen molar-refractivity contribution in [1.29, 1.82) is 0 Å². The number of alkyl halides is 1. The zero-order chi connectivity index (χ0) is 15.3. The zero-order valence-corrected chi connectivity index (χ0v) is 15.0. The third kappa shape index (κ3) is 4.21. The maximum atomic E-state index is 12.5. The number of hydrogen-bond acceptors (Lipinski definition) is 4. The Kier molecular flexibility index (Phi) is 6.09. The van der Waals surface area contributed by atoms with Gasteiger partial charge in [-0.1, -0.05) is 35.3 Å². The summed E-state index contributed by atoms with van der Waals surface area (Å²) in [4.78, 5) is 0.211. The summed E-state index contributed by atoms with van der Waals surface area (Å²) in [6.07, 6.45) is 3.01. The van der Waals surface area contributed by atoms with Crippen LogP contribution in [0.4, 0.5) is 11.4 Å². The lowest BCUT2D eigenvalue weighted by atomic mass is 10.0. The molecule has 116 valence electrons. The molecule has 1 aromatic carbocycles. The fourth-order valence-corrected chi connectivity index (χ4v) is 4.74. The van der Waals surface area contributed by atoms with Crippen LogP contribution in [0.5, 0.6) is 0 Å². The van der Waals surface area contributed by atoms with Crippen LogP contribution in [0.2, 0.25) is 0 Å². The maximum Gasteiger partial charge on any atom is 0.242 e. The number of benzene rings is 1. The first-order valence-corrected chi connectivity index (χ1v) is 10.2. The molecule has 1 atom stereocenters. The Morgan fingerprint density at radius 3 is 2.86 bits per heavy atom. The van der Waals surface area contributed by atoms with E-state index in [2.05, 4.69) is 36.3 Å². The lowest BCUT2D eigenvalue weighted by Crippen LogP contribution is -2.29. The number of halogens is 1. The van der Waals surface area contributed by atoms with Gasteiger partial charge in [0.2, 0.25) is 10.0 Å². The van der Waals surface area contributed by atoms with E-state index in [1.807, 2.05) is 0 Å². The molecule has 8 heteroatoms. The molecule has 1 N–H and O–H groups in total. The Balaban J connectivity index is 2.13. The topological polar surface area (TPSA) is 70.9 Å². The third-order valence-electron chi connectivity index (χ3n) is 3.31. The fraction of sp³-hybridized carbons (Fsp3) is 0.538. The van der Waals surface area contributed by atoms with Crippen molar-refractivity contribution in [3.63, 3.8) is 0 Å². The summed E-state index contributed by atoms with van der Waals surface area (Å²) in [5.41, 5.74) is 1.07. The van der Waals surface area contributed by atoms with E-state index in [0.717, 1.165) is 35.9 Å². The molecule has 0 spiro atoms. The van der Waals surface area contributed by atoms with Crippen LogP contribution in [0.25, 0.3) is 0 Å². The Hall–Kier alpha value is -0.570. The molecule has 1 unspecified atom stereocenters. The molecule has 0 bridgehead atoms. The Bertz CT molecular complexity index is 664. The highest BCUT2D eigenvalue weighted by atomic mass is 79.9. The second kappa shape index (κ2) is 7.62. The van der Waals surface area contributed by atoms with Gasteiger partial charge in [-0.25, -0.2) is 13.1 Å². The molecule has 1 aromatic rings. The molecule has 0 aliphatic carbocycles. The van der Waals surface area contributed by atoms with Crippen LogP contribution in [0.15, 0.2) is 31.8 Å². The van der Waals surface area contributed by atoms with Gasteiger partial charge >= 0.3 is 0 Å². The van der Waals surface area contributed by atoms with Gasteiger partial charge in [-0.15, -0.1) is 0 Å². The SMILES string of the molecule is CCCC(CCBr)CNS(=O)(=O)c1cccc2c1N=S=N2. The van der Waals surface area contributed by atoms with Crippen molar-refractivity contribution < 1.29 is 8.42 Å². The molecule has 0 saturated carbocycles. The first-order valence-electron chi connectivity index (χ1n) is 6.85. The quantitative estimate of drug-likeness (QED) is 0.693. The minimum absolute atomic E-state index is 0.211. The summed E-state index contributed by atoms with van der Waals surface area (Å²) in [7, 11) is -3.55. The Labute approximate surface area is 137 Å². The van der Waals surface area contributed by atoms with E-state index in [1.165, 1.54) is 0 Å². The summed E-state index contributed by atoms with van der Waals surface area (Å²) in [5.74, 6) is 0.344. The van der Waals surface area contributed by atoms with Crippen LogP contribution in [-0.2, 0) is 21.4 Å². The molecular formula is C13H18BrN3O2S2. The number of fused-ring (bicyclic) bond motifs is 1. The molecule has 0 fully saturated rings. The van der Waals surface area contributed by atoms with E-state index >= 15 is 0 Å². The van der Waals surface area contributed by atoms with E-state index in [-0.39, 0.29) is 4.90 Å². The minimum atomic E-state index is -3.55. The average molecular weight is 392 g/mol. The third-order valence-corrected chi connectivity index (χ3v) is 5.77. The predicted octanol–water partition coefficient (Wildman–Crippen LogP) is 3.89. The summed E-state index contributed by atoms with van der Waals surface area (Å²) in [5, 5.41) is 0.880. The van der Waals surface area contributed by atoms with Crippen molar-refractivity contribution in [2.75, 3.05) is 11.9 Å². The first-order chi connectivity index (χ1) is 10.1. The Morgan fingerprint density at radius 1 is 1.33 bits per heavy atom. The molecule has 2 rings (SSSR count). The van der Waals surface area contributed by atoms with Crippen LogP contribution in [0, 0.1) is 5.92 Å². The second-order valence-corrected chi connectivity index (χ2v) is 7.93. The van der Waals surface area contributed by atoms with Gasteiger partial charge in [-0.05, 0) is 30.9 Å². The van der Waals surface area contributed by atoms with Gasteiger partial charge in [0, 0.05) is 11.9 Å². The summed E-state index contributed by atoms with van der Waals surface area (Å²) in [6, 6.07) is 5.04. The standard InChI is InChI=1S/C13H18BrN3O2S2/c1-2-4-10(7-8-14)9-15-21(18,19)12-6-3-5-11-13(12)17-20-16-11/h3,5-6,10,15H,2,4,7-9H2,1H3. The van der Waals surface area contributed by atoms with Crippen molar-refractivity contribution in [1.82, 2.24) is 4.72 Å². The molecule has 0 aromatic heterocycles. The number of nitrogens with one attached hydrogen (secondary N) is 1. The van der Waals surface area contributed by atoms with E-state index in [0.29, 0.717) is 23.8 Å². The highest BCUT2D eigenvalue weighted by Crippen LogP contribution is 2.37. The molecule has 0 amide bonds. The van der Waals surface area contributed by atoms with E-state index in [9.17, 15) is 8.42 Å². The van der Waals surface area contributed by atoms with Gasteiger partial charge in [-0.2, -0.15) is 8.73 Å². The van der Waals surface area contributed by atoms with Crippen molar-refractivity contribution >= 4 is 48.7 Å². The van der Waals surface area contributed by atoms with Crippen molar-refractivity contribution in [3.05, 3.63) is 18.2 Å². The Morgan fingerprint density at radius 2 is 2.14 bits per heavy atom. The average Bonchev–Trinajstić information content (AvgIpc) is 2.93. The van der Waals surface area contributed by atoms with Gasteiger partial charge < -0.3 is 0 Å². The van der Waals surface area contributed by atoms with Crippen LogP contribution < -0.4 is 4.72 Å². The van der Waals surface area contributed by atoms with Crippen molar-refractivity contribution in [2.24, 2.45) is 14.6 Å². The number of rotatable bonds is 8. The van der Waals surface area contributed by atoms with Crippen molar-refractivity contribution in [3.8, 4) is 0 Å². The molecule has 0 radical (unpaired) electrons. The van der Waals surface area contributed by atoms with Gasteiger partial charge in [0.15, 0.2) is 0 Å². The largest absolute Gasteiger partial charge is 0.242 e. The molecule has 21 heavy (non-hydrogen) atoms. The maximum absolute atomic E-state index is 12.5. The highest BCUT2D eigenvalue weighted by molar-refractivity contribution is 9.09. The number of hydrogen-bond donors (Lipinski definition) is 1. The summed E-state index contributed by atoms with van der Waals surface area (Å²) < 4.78 is 35.8. The van der Waals surface area contributed by atoms with Crippen LogP contribution in [0.3, 0.4) is 0 Å². The van der Waals surface area contributed by atoms with Crippen molar-refractivity contribution in [2.45, 2.75) is 31.1 Å². The van der Waals surface area contributed by atoms with Gasteiger partial charge in [0.25, 0.3) is 0 Å². The normalized spacial score (nSPS) is 14.8. The summed E-state index contributed by atoms with van der Waals surface area (Å²) >= 11 is 4.44. The lowest BCUT2D eigenvalue weighted by Gasteiger charge is -2.16. The molecule has 5 nitrogen and oxygen atoms in total. The van der Waals surface area contributed by atoms with Gasteiger partial charge in [-0.3, -0.25) is 0 Å². The molecule has 1 heterocycles. The van der Waals surface area contributed by atoms with Crippen LogP contribution in [0.1, 0.15) is 26.2 Å². The van der Waals surface area contributed by atoms with E-state index < -0.39 is 10.0 Å². The first kappa shape index (κ1) is 16.8. The molecular weight excluding hydrogens is 374 g/mol. The highest BCUT2D eigenvalue weighted by Gasteiger charge is 2.23. The second-order valence-electron chi connectivity index (χ2n) is 4.87. The summed E-state index contributed by atoms with van der Waals surface area (Å²) in [6.45, 7) is 2.56. The fourth-order valence-electron chi connectivity index (χ4n) is 2.21. The van der Waals surface area contributed by atoms with Gasteiger partial charge in [0.05, 0.1) is 11.4 Å². The molecule has 0 saturated heterocycles. The lowest BCUT2D eigenvalue weighted by molar-refractivity contribution is 0.459. The number of sulfonamides is 1. The number of nitrogens with zero attached hydrogens (tertiary/aromatic N) is 2. The van der Waals surface area contributed by atoms with Gasteiger partial charge in [0.1, 0.15) is 16.3 Å². The van der Waals surface area contributed by atoms with Crippen LogP contribution in [-0.4, -0.2) is 20.3 Å².